The van der Waals surface area contributed by atoms with Crippen molar-refractivity contribution < 1.29 is 4.79 Å². The fraction of sp³-hybridized carbons (Fsp3) is 0.471. The molecule has 1 aliphatic rings. The first-order chi connectivity index (χ1) is 11.2. The summed E-state index contributed by atoms with van der Waals surface area (Å²) >= 11 is 1.56. The quantitative estimate of drug-likeness (QED) is 0.846. The number of aromatic nitrogens is 3. The summed E-state index contributed by atoms with van der Waals surface area (Å²) in [4.78, 5) is 14.8. The van der Waals surface area contributed by atoms with E-state index in [0.717, 1.165) is 36.9 Å². The topological polar surface area (TPSA) is 51.0 Å². The monoisotopic (exact) mass is 330 g/mol. The SMILES string of the molecule is CCn1c(C)nnc1S[C@H]1CCCN(Cc2ccccc2)C1=O. The fourth-order valence-electron chi connectivity index (χ4n) is 2.91. The van der Waals surface area contributed by atoms with Crippen molar-refractivity contribution in [1.29, 1.82) is 0 Å². The number of hydrogen-bond donors (Lipinski definition) is 0. The summed E-state index contributed by atoms with van der Waals surface area (Å²) in [6.45, 7) is 6.38. The van der Waals surface area contributed by atoms with Crippen molar-refractivity contribution in [2.45, 2.75) is 50.2 Å². The van der Waals surface area contributed by atoms with E-state index < -0.39 is 0 Å². The number of rotatable bonds is 5. The van der Waals surface area contributed by atoms with Crippen LogP contribution in [0.2, 0.25) is 0 Å². The van der Waals surface area contributed by atoms with Gasteiger partial charge in [-0.3, -0.25) is 4.79 Å². The smallest absolute Gasteiger partial charge is 0.236 e. The summed E-state index contributed by atoms with van der Waals surface area (Å²) < 4.78 is 2.06. The van der Waals surface area contributed by atoms with Crippen LogP contribution in [0.3, 0.4) is 0 Å². The van der Waals surface area contributed by atoms with Gasteiger partial charge in [-0.1, -0.05) is 42.1 Å². The summed E-state index contributed by atoms with van der Waals surface area (Å²) in [6, 6.07) is 10.2. The van der Waals surface area contributed by atoms with E-state index in [1.165, 1.54) is 5.56 Å². The number of carbonyl (C=O) groups excluding carboxylic acids is 1. The number of benzene rings is 1. The highest BCUT2D eigenvalue weighted by molar-refractivity contribution is 8.00. The largest absolute Gasteiger partial charge is 0.337 e. The molecule has 3 rings (SSSR count). The number of hydrogen-bond acceptors (Lipinski definition) is 4. The van der Waals surface area contributed by atoms with Crippen LogP contribution in [0.1, 0.15) is 31.2 Å². The minimum absolute atomic E-state index is 0.0543. The molecule has 2 heterocycles. The maximum Gasteiger partial charge on any atom is 0.236 e. The molecular formula is C17H22N4OS. The summed E-state index contributed by atoms with van der Waals surface area (Å²) in [5.41, 5.74) is 1.18. The lowest BCUT2D eigenvalue weighted by Gasteiger charge is -2.31. The number of thioether (sulfide) groups is 1. The Morgan fingerprint density at radius 3 is 2.78 bits per heavy atom. The van der Waals surface area contributed by atoms with Gasteiger partial charge >= 0.3 is 0 Å². The first-order valence-electron chi connectivity index (χ1n) is 8.08. The molecule has 0 unspecified atom stereocenters. The third-order valence-electron chi connectivity index (χ3n) is 4.16. The Morgan fingerprint density at radius 1 is 1.26 bits per heavy atom. The normalized spacial score (nSPS) is 18.4. The van der Waals surface area contributed by atoms with Crippen molar-refractivity contribution in [2.24, 2.45) is 0 Å². The number of carbonyl (C=O) groups is 1. The van der Waals surface area contributed by atoms with E-state index in [9.17, 15) is 4.79 Å². The average Bonchev–Trinajstić information content (AvgIpc) is 2.92. The van der Waals surface area contributed by atoms with Gasteiger partial charge in [-0.05, 0) is 32.3 Å². The molecule has 1 aromatic heterocycles. The molecule has 23 heavy (non-hydrogen) atoms. The molecule has 1 atom stereocenters. The van der Waals surface area contributed by atoms with Gasteiger partial charge in [0.1, 0.15) is 5.82 Å². The van der Waals surface area contributed by atoms with Gasteiger partial charge in [0.15, 0.2) is 5.16 Å². The maximum absolute atomic E-state index is 12.8. The molecular weight excluding hydrogens is 308 g/mol. The summed E-state index contributed by atoms with van der Waals surface area (Å²) in [7, 11) is 0. The molecule has 0 aliphatic carbocycles. The predicted octanol–water partition coefficient (Wildman–Crippen LogP) is 2.89. The van der Waals surface area contributed by atoms with Gasteiger partial charge in [0.2, 0.25) is 5.91 Å². The first kappa shape index (κ1) is 16.1. The van der Waals surface area contributed by atoms with Crippen molar-refractivity contribution in [2.75, 3.05) is 6.54 Å². The van der Waals surface area contributed by atoms with Crippen LogP contribution in [0.25, 0.3) is 0 Å². The predicted molar refractivity (Wildman–Crippen MR) is 91.2 cm³/mol. The van der Waals surface area contributed by atoms with Gasteiger partial charge in [-0.2, -0.15) is 0 Å². The van der Waals surface area contributed by atoms with Gasteiger partial charge in [0.05, 0.1) is 5.25 Å². The Labute approximate surface area is 141 Å². The van der Waals surface area contributed by atoms with E-state index >= 15 is 0 Å². The van der Waals surface area contributed by atoms with Crippen LogP contribution in [0.5, 0.6) is 0 Å². The molecule has 1 aromatic carbocycles. The molecule has 1 amide bonds. The summed E-state index contributed by atoms with van der Waals surface area (Å²) in [6.07, 6.45) is 1.94. The highest BCUT2D eigenvalue weighted by Crippen LogP contribution is 2.30. The van der Waals surface area contributed by atoms with Crippen molar-refractivity contribution in [3.05, 3.63) is 41.7 Å². The minimum Gasteiger partial charge on any atom is -0.337 e. The van der Waals surface area contributed by atoms with Gasteiger partial charge in [-0.25, -0.2) is 0 Å². The van der Waals surface area contributed by atoms with E-state index in [2.05, 4.69) is 33.8 Å². The molecule has 2 aromatic rings. The van der Waals surface area contributed by atoms with E-state index in [1.54, 1.807) is 11.8 Å². The van der Waals surface area contributed by atoms with Crippen molar-refractivity contribution >= 4 is 17.7 Å². The number of amides is 1. The highest BCUT2D eigenvalue weighted by Gasteiger charge is 2.31. The lowest BCUT2D eigenvalue weighted by Crippen LogP contribution is -2.42. The van der Waals surface area contributed by atoms with Crippen LogP contribution in [-0.4, -0.2) is 37.4 Å². The van der Waals surface area contributed by atoms with Gasteiger partial charge in [0.25, 0.3) is 0 Å². The average molecular weight is 330 g/mol. The molecule has 5 nitrogen and oxygen atoms in total. The number of nitrogens with zero attached hydrogens (tertiary/aromatic N) is 4. The fourth-order valence-corrected chi connectivity index (χ4v) is 4.18. The molecule has 0 radical (unpaired) electrons. The van der Waals surface area contributed by atoms with Crippen LogP contribution < -0.4 is 0 Å². The maximum atomic E-state index is 12.8. The third kappa shape index (κ3) is 3.58. The summed E-state index contributed by atoms with van der Waals surface area (Å²) in [5.74, 6) is 1.12. The van der Waals surface area contributed by atoms with Crippen LogP contribution in [0.4, 0.5) is 0 Å². The Bertz CT molecular complexity index is 670. The van der Waals surface area contributed by atoms with Gasteiger partial charge in [0, 0.05) is 19.6 Å². The zero-order valence-corrected chi connectivity index (χ0v) is 14.4. The van der Waals surface area contributed by atoms with E-state index in [1.807, 2.05) is 30.0 Å². The Hall–Kier alpha value is -1.82. The van der Waals surface area contributed by atoms with Crippen LogP contribution in [0.15, 0.2) is 35.5 Å². The standard InChI is InChI=1S/C17H22N4OS/c1-3-21-13(2)18-19-17(21)23-15-10-7-11-20(16(15)22)12-14-8-5-4-6-9-14/h4-6,8-9,15H,3,7,10-12H2,1-2H3/t15-/m0/s1. The minimum atomic E-state index is -0.0543. The van der Waals surface area contributed by atoms with Gasteiger partial charge in [-0.15, -0.1) is 10.2 Å². The summed E-state index contributed by atoms with van der Waals surface area (Å²) in [5, 5.41) is 9.16. The molecule has 1 aliphatic heterocycles. The Morgan fingerprint density at radius 2 is 2.04 bits per heavy atom. The van der Waals surface area contributed by atoms with E-state index in [4.69, 9.17) is 0 Å². The van der Waals surface area contributed by atoms with Crippen molar-refractivity contribution in [3.8, 4) is 0 Å². The van der Waals surface area contributed by atoms with Crippen molar-refractivity contribution in [1.82, 2.24) is 19.7 Å². The highest BCUT2D eigenvalue weighted by atomic mass is 32.2. The number of piperidine rings is 1. The molecule has 6 heteroatoms. The second-order valence-corrected chi connectivity index (χ2v) is 6.94. The third-order valence-corrected chi connectivity index (χ3v) is 5.40. The second kappa shape index (κ2) is 7.17. The van der Waals surface area contributed by atoms with Gasteiger partial charge < -0.3 is 9.47 Å². The Balaban J connectivity index is 1.70. The molecule has 122 valence electrons. The van der Waals surface area contributed by atoms with E-state index in [-0.39, 0.29) is 11.2 Å². The number of aryl methyl sites for hydroxylation is 1. The lowest BCUT2D eigenvalue weighted by molar-refractivity contribution is -0.133. The molecule has 0 saturated carbocycles. The van der Waals surface area contributed by atoms with E-state index in [0.29, 0.717) is 6.54 Å². The molecule has 0 spiro atoms. The van der Waals surface area contributed by atoms with Crippen LogP contribution >= 0.6 is 11.8 Å². The first-order valence-corrected chi connectivity index (χ1v) is 8.96. The Kier molecular flexibility index (Phi) is 5.00. The molecule has 1 fully saturated rings. The zero-order valence-electron chi connectivity index (χ0n) is 13.6. The zero-order chi connectivity index (χ0) is 16.2. The van der Waals surface area contributed by atoms with Crippen molar-refractivity contribution in [3.63, 3.8) is 0 Å². The second-order valence-electron chi connectivity index (χ2n) is 5.77. The van der Waals surface area contributed by atoms with Crippen LogP contribution in [0, 0.1) is 6.92 Å². The lowest BCUT2D eigenvalue weighted by atomic mass is 10.1. The molecule has 1 saturated heterocycles. The number of likely N-dealkylation sites (tertiary alicyclic amines) is 1. The van der Waals surface area contributed by atoms with Crippen LogP contribution in [-0.2, 0) is 17.9 Å². The molecule has 0 N–H and O–H groups in total. The molecule has 0 bridgehead atoms.